The number of anilines is 2. The Morgan fingerprint density at radius 3 is 2.55 bits per heavy atom. The maximum Gasteiger partial charge on any atom is 0.416 e. The van der Waals surface area contributed by atoms with Crippen LogP contribution in [0.5, 0.6) is 0 Å². The summed E-state index contributed by atoms with van der Waals surface area (Å²) in [5.41, 5.74) is -2.02. The number of carbonyl (C=O) groups excluding carboxylic acids is 3. The molecule has 2 aromatic rings. The number of nitrogens with zero attached hydrogens (tertiary/aromatic N) is 2. The SMILES string of the molecule is CN1C(=O)c2ccccc2N2C(=O)CCC12C(=O)Nc1cccc(C(F)(F)F)c1. The number of benzene rings is 2. The van der Waals surface area contributed by atoms with Crippen LogP contribution in [-0.4, -0.2) is 35.3 Å². The van der Waals surface area contributed by atoms with Gasteiger partial charge >= 0.3 is 6.18 Å². The highest BCUT2D eigenvalue weighted by Gasteiger charge is 2.59. The van der Waals surface area contributed by atoms with Gasteiger partial charge in [0.2, 0.25) is 11.6 Å². The number of fused-ring (bicyclic) bond motifs is 3. The molecule has 0 aliphatic carbocycles. The number of hydrogen-bond acceptors (Lipinski definition) is 3. The lowest BCUT2D eigenvalue weighted by Gasteiger charge is -2.47. The zero-order valence-corrected chi connectivity index (χ0v) is 15.3. The summed E-state index contributed by atoms with van der Waals surface area (Å²) in [6, 6.07) is 10.7. The summed E-state index contributed by atoms with van der Waals surface area (Å²) in [6.07, 6.45) is -4.50. The van der Waals surface area contributed by atoms with Crippen LogP contribution in [0.2, 0.25) is 0 Å². The van der Waals surface area contributed by atoms with Crippen LogP contribution in [0.25, 0.3) is 0 Å². The van der Waals surface area contributed by atoms with Crippen molar-refractivity contribution in [1.29, 1.82) is 0 Å². The monoisotopic (exact) mass is 403 g/mol. The summed E-state index contributed by atoms with van der Waals surface area (Å²) < 4.78 is 39.0. The Balaban J connectivity index is 1.76. The molecule has 0 saturated carbocycles. The topological polar surface area (TPSA) is 69.7 Å². The van der Waals surface area contributed by atoms with Crippen molar-refractivity contribution in [2.24, 2.45) is 0 Å². The van der Waals surface area contributed by atoms with Gasteiger partial charge < -0.3 is 10.2 Å². The lowest BCUT2D eigenvalue weighted by atomic mass is 9.96. The molecule has 0 bridgehead atoms. The van der Waals surface area contributed by atoms with Crippen molar-refractivity contribution in [2.45, 2.75) is 24.7 Å². The maximum absolute atomic E-state index is 13.3. The standard InChI is InChI=1S/C20H16F3N3O3/c1-25-17(28)14-7-2-3-8-15(14)26-16(27)9-10-19(25,26)18(29)24-13-6-4-5-12(11-13)20(21,22)23/h2-8,11H,9-10H2,1H3,(H,24,29). The molecule has 0 radical (unpaired) electrons. The molecule has 2 aliphatic rings. The average molecular weight is 403 g/mol. The summed E-state index contributed by atoms with van der Waals surface area (Å²) in [6.45, 7) is 0. The fourth-order valence-electron chi connectivity index (χ4n) is 3.93. The highest BCUT2D eigenvalue weighted by molar-refractivity contribution is 6.18. The highest BCUT2D eigenvalue weighted by atomic mass is 19.4. The van der Waals surface area contributed by atoms with Gasteiger partial charge in [0.05, 0.1) is 16.8 Å². The number of para-hydroxylation sites is 1. The van der Waals surface area contributed by atoms with Crippen molar-refractivity contribution in [1.82, 2.24) is 4.90 Å². The summed E-state index contributed by atoms with van der Waals surface area (Å²) in [4.78, 5) is 41.2. The molecule has 9 heteroatoms. The van der Waals surface area contributed by atoms with Crippen LogP contribution < -0.4 is 10.2 Å². The van der Waals surface area contributed by atoms with Gasteiger partial charge in [-0.25, -0.2) is 0 Å². The zero-order valence-electron chi connectivity index (χ0n) is 15.3. The van der Waals surface area contributed by atoms with E-state index in [0.29, 0.717) is 5.69 Å². The predicted molar refractivity (Wildman–Crippen MR) is 98.1 cm³/mol. The number of alkyl halides is 3. The van der Waals surface area contributed by atoms with Gasteiger partial charge in [0.15, 0.2) is 0 Å². The van der Waals surface area contributed by atoms with Crippen LogP contribution in [-0.2, 0) is 15.8 Å². The third-order valence-corrected chi connectivity index (χ3v) is 5.35. The van der Waals surface area contributed by atoms with Crippen molar-refractivity contribution in [3.8, 4) is 0 Å². The molecule has 1 saturated heterocycles. The third-order valence-electron chi connectivity index (χ3n) is 5.35. The van der Waals surface area contributed by atoms with Crippen molar-refractivity contribution in [2.75, 3.05) is 17.3 Å². The number of hydrogen-bond donors (Lipinski definition) is 1. The first-order valence-corrected chi connectivity index (χ1v) is 8.85. The van der Waals surface area contributed by atoms with Crippen LogP contribution in [0.1, 0.15) is 28.8 Å². The van der Waals surface area contributed by atoms with Crippen molar-refractivity contribution >= 4 is 29.1 Å². The smallest absolute Gasteiger partial charge is 0.322 e. The minimum Gasteiger partial charge on any atom is -0.322 e. The van der Waals surface area contributed by atoms with Gasteiger partial charge in [0.1, 0.15) is 0 Å². The Morgan fingerprint density at radius 2 is 1.83 bits per heavy atom. The number of likely N-dealkylation sites (N-methyl/N-ethyl adjacent to an activating group) is 1. The number of nitrogens with one attached hydrogen (secondary N) is 1. The van der Waals surface area contributed by atoms with Crippen LogP contribution in [0.4, 0.5) is 24.5 Å². The highest BCUT2D eigenvalue weighted by Crippen LogP contribution is 2.44. The fraction of sp³-hybridized carbons (Fsp3) is 0.250. The maximum atomic E-state index is 13.3. The summed E-state index contributed by atoms with van der Waals surface area (Å²) in [7, 11) is 1.41. The normalized spacial score (nSPS) is 21.1. The Kier molecular flexibility index (Phi) is 4.14. The van der Waals surface area contributed by atoms with Gasteiger partial charge in [0.25, 0.3) is 11.8 Å². The molecule has 2 aromatic carbocycles. The van der Waals surface area contributed by atoms with Crippen molar-refractivity contribution in [3.05, 3.63) is 59.7 Å². The van der Waals surface area contributed by atoms with E-state index in [4.69, 9.17) is 0 Å². The Bertz CT molecular complexity index is 1040. The van der Waals surface area contributed by atoms with E-state index in [0.717, 1.165) is 12.1 Å². The molecule has 2 heterocycles. The molecule has 29 heavy (non-hydrogen) atoms. The molecule has 150 valence electrons. The zero-order chi connectivity index (χ0) is 21.0. The van der Waals surface area contributed by atoms with E-state index in [1.807, 2.05) is 0 Å². The minimum absolute atomic E-state index is 0.0297. The second-order valence-corrected chi connectivity index (χ2v) is 6.96. The lowest BCUT2D eigenvalue weighted by Crippen LogP contribution is -2.68. The van der Waals surface area contributed by atoms with Crippen LogP contribution >= 0.6 is 0 Å². The summed E-state index contributed by atoms with van der Waals surface area (Å²) in [5, 5.41) is 2.46. The Morgan fingerprint density at radius 1 is 1.10 bits per heavy atom. The first kappa shape index (κ1) is 19.0. The second kappa shape index (κ2) is 6.33. The molecular formula is C20H16F3N3O3. The number of halogens is 3. The molecule has 1 N–H and O–H groups in total. The van der Waals surface area contributed by atoms with E-state index in [2.05, 4.69) is 5.32 Å². The number of amides is 3. The first-order valence-electron chi connectivity index (χ1n) is 8.85. The molecule has 1 fully saturated rings. The summed E-state index contributed by atoms with van der Waals surface area (Å²) >= 11 is 0. The third kappa shape index (κ3) is 2.76. The first-order chi connectivity index (χ1) is 13.7. The molecule has 0 spiro atoms. The minimum atomic E-state index is -4.56. The van der Waals surface area contributed by atoms with E-state index >= 15 is 0 Å². The largest absolute Gasteiger partial charge is 0.416 e. The lowest BCUT2D eigenvalue weighted by molar-refractivity contribution is -0.137. The number of rotatable bonds is 2. The molecule has 1 atom stereocenters. The Hall–Kier alpha value is -3.36. The van der Waals surface area contributed by atoms with Gasteiger partial charge in [0, 0.05) is 25.6 Å². The van der Waals surface area contributed by atoms with Crippen LogP contribution in [0.15, 0.2) is 48.5 Å². The van der Waals surface area contributed by atoms with Crippen LogP contribution in [0.3, 0.4) is 0 Å². The van der Waals surface area contributed by atoms with Crippen molar-refractivity contribution in [3.63, 3.8) is 0 Å². The molecule has 2 aliphatic heterocycles. The molecule has 0 aromatic heterocycles. The van der Waals surface area contributed by atoms with E-state index in [-0.39, 0.29) is 30.0 Å². The molecule has 4 rings (SSSR count). The predicted octanol–water partition coefficient (Wildman–Crippen LogP) is 3.25. The van der Waals surface area contributed by atoms with Gasteiger partial charge in [-0.05, 0) is 30.3 Å². The van der Waals surface area contributed by atoms with Gasteiger partial charge in [-0.15, -0.1) is 0 Å². The molecule has 3 amide bonds. The van der Waals surface area contributed by atoms with Gasteiger partial charge in [-0.1, -0.05) is 18.2 Å². The molecule has 1 unspecified atom stereocenters. The van der Waals surface area contributed by atoms with Gasteiger partial charge in [-0.3, -0.25) is 19.3 Å². The van der Waals surface area contributed by atoms with E-state index in [9.17, 15) is 27.6 Å². The van der Waals surface area contributed by atoms with E-state index in [1.54, 1.807) is 24.3 Å². The average Bonchev–Trinajstić information content (AvgIpc) is 3.04. The van der Waals surface area contributed by atoms with Crippen molar-refractivity contribution < 1.29 is 27.6 Å². The van der Waals surface area contributed by atoms with E-state index < -0.39 is 29.2 Å². The summed E-state index contributed by atoms with van der Waals surface area (Å²) in [5.74, 6) is -1.52. The van der Waals surface area contributed by atoms with Crippen LogP contribution in [0, 0.1) is 0 Å². The second-order valence-electron chi connectivity index (χ2n) is 6.96. The fourth-order valence-corrected chi connectivity index (χ4v) is 3.93. The quantitative estimate of drug-likeness (QED) is 0.837. The number of carbonyl (C=O) groups is 3. The van der Waals surface area contributed by atoms with E-state index in [1.165, 1.54) is 29.0 Å². The molecular weight excluding hydrogens is 387 g/mol. The Labute approximate surface area is 163 Å². The molecule has 6 nitrogen and oxygen atoms in total. The van der Waals surface area contributed by atoms with Gasteiger partial charge in [-0.2, -0.15) is 13.2 Å².